The van der Waals surface area contributed by atoms with Gasteiger partial charge in [-0.05, 0) is 31.2 Å². The Balaban J connectivity index is 2.19. The van der Waals surface area contributed by atoms with Crippen LogP contribution in [0.2, 0.25) is 5.02 Å². The van der Waals surface area contributed by atoms with Gasteiger partial charge in [-0.1, -0.05) is 45.7 Å². The lowest BCUT2D eigenvalue weighted by Gasteiger charge is -2.12. The Morgan fingerprint density at radius 3 is 2.76 bits per heavy atom. The summed E-state index contributed by atoms with van der Waals surface area (Å²) in [5.41, 5.74) is 2.10. The molecule has 0 heterocycles. The number of benzene rings is 2. The summed E-state index contributed by atoms with van der Waals surface area (Å²) in [4.78, 5) is 12.3. The van der Waals surface area contributed by atoms with Crippen LogP contribution in [-0.4, -0.2) is 12.5 Å². The Bertz CT molecular complexity index is 646. The maximum atomic E-state index is 12.3. The SMILES string of the molecule is CCOCc1ccccc1NC(=O)c1ccc(Br)cc1Cl. The van der Waals surface area contributed by atoms with Gasteiger partial charge in [0.15, 0.2) is 0 Å². The average Bonchev–Trinajstić information content (AvgIpc) is 2.46. The summed E-state index contributed by atoms with van der Waals surface area (Å²) >= 11 is 9.42. The Kier molecular flexibility index (Phi) is 5.79. The number of carbonyl (C=O) groups is 1. The Morgan fingerprint density at radius 2 is 2.05 bits per heavy atom. The minimum Gasteiger partial charge on any atom is -0.377 e. The van der Waals surface area contributed by atoms with E-state index in [1.807, 2.05) is 31.2 Å². The zero-order chi connectivity index (χ0) is 15.2. The van der Waals surface area contributed by atoms with Crippen molar-refractivity contribution in [2.24, 2.45) is 0 Å². The first-order chi connectivity index (χ1) is 10.1. The number of carbonyl (C=O) groups excluding carboxylic acids is 1. The number of anilines is 1. The summed E-state index contributed by atoms with van der Waals surface area (Å²) in [5.74, 6) is -0.239. The number of hydrogen-bond donors (Lipinski definition) is 1. The zero-order valence-electron chi connectivity index (χ0n) is 11.5. The molecule has 1 amide bonds. The molecule has 110 valence electrons. The fourth-order valence-electron chi connectivity index (χ4n) is 1.84. The monoisotopic (exact) mass is 367 g/mol. The first-order valence-electron chi connectivity index (χ1n) is 6.54. The number of ether oxygens (including phenoxy) is 1. The van der Waals surface area contributed by atoms with E-state index in [1.165, 1.54) is 0 Å². The fourth-order valence-corrected chi connectivity index (χ4v) is 2.60. The molecule has 2 rings (SSSR count). The number of halogens is 2. The first-order valence-corrected chi connectivity index (χ1v) is 7.71. The predicted molar refractivity (Wildman–Crippen MR) is 88.9 cm³/mol. The standard InChI is InChI=1S/C16H15BrClNO2/c1-2-21-10-11-5-3-4-6-15(11)19-16(20)13-8-7-12(17)9-14(13)18/h3-9H,2,10H2,1H3,(H,19,20). The number of para-hydroxylation sites is 1. The van der Waals surface area contributed by atoms with Crippen molar-refractivity contribution in [1.29, 1.82) is 0 Å². The third-order valence-electron chi connectivity index (χ3n) is 2.90. The summed E-state index contributed by atoms with van der Waals surface area (Å²) < 4.78 is 6.24. The molecule has 0 saturated carbocycles. The summed E-state index contributed by atoms with van der Waals surface area (Å²) in [6, 6.07) is 12.7. The highest BCUT2D eigenvalue weighted by atomic mass is 79.9. The number of rotatable bonds is 5. The van der Waals surface area contributed by atoms with Gasteiger partial charge < -0.3 is 10.1 Å². The van der Waals surface area contributed by atoms with E-state index in [9.17, 15) is 4.79 Å². The Morgan fingerprint density at radius 1 is 1.29 bits per heavy atom. The Hall–Kier alpha value is -1.36. The van der Waals surface area contributed by atoms with E-state index in [0.29, 0.717) is 23.8 Å². The normalized spacial score (nSPS) is 10.4. The molecule has 0 fully saturated rings. The van der Waals surface area contributed by atoms with E-state index in [1.54, 1.807) is 18.2 Å². The molecule has 0 aromatic heterocycles. The van der Waals surface area contributed by atoms with Crippen LogP contribution < -0.4 is 5.32 Å². The molecule has 0 spiro atoms. The van der Waals surface area contributed by atoms with Crippen molar-refractivity contribution in [3.63, 3.8) is 0 Å². The Labute approximate surface area is 137 Å². The van der Waals surface area contributed by atoms with Crippen molar-refractivity contribution in [2.75, 3.05) is 11.9 Å². The molecule has 0 saturated heterocycles. The van der Waals surface area contributed by atoms with Crippen molar-refractivity contribution >= 4 is 39.1 Å². The van der Waals surface area contributed by atoms with Crippen LogP contribution in [0, 0.1) is 0 Å². The maximum Gasteiger partial charge on any atom is 0.257 e. The van der Waals surface area contributed by atoms with Crippen LogP contribution in [0.3, 0.4) is 0 Å². The molecule has 0 bridgehead atoms. The van der Waals surface area contributed by atoms with E-state index in [0.717, 1.165) is 15.7 Å². The topological polar surface area (TPSA) is 38.3 Å². The second kappa shape index (κ2) is 7.59. The van der Waals surface area contributed by atoms with Crippen LogP contribution in [0.25, 0.3) is 0 Å². The summed E-state index contributed by atoms with van der Waals surface area (Å²) in [7, 11) is 0. The maximum absolute atomic E-state index is 12.3. The van der Waals surface area contributed by atoms with E-state index >= 15 is 0 Å². The van der Waals surface area contributed by atoms with E-state index in [-0.39, 0.29) is 5.91 Å². The molecule has 2 aromatic carbocycles. The van der Waals surface area contributed by atoms with Gasteiger partial charge in [0.25, 0.3) is 5.91 Å². The lowest BCUT2D eigenvalue weighted by Crippen LogP contribution is -2.14. The molecule has 5 heteroatoms. The third-order valence-corrected chi connectivity index (χ3v) is 3.71. The van der Waals surface area contributed by atoms with Crippen molar-refractivity contribution < 1.29 is 9.53 Å². The minimum atomic E-state index is -0.239. The molecule has 0 unspecified atom stereocenters. The highest BCUT2D eigenvalue weighted by Gasteiger charge is 2.12. The van der Waals surface area contributed by atoms with Crippen molar-refractivity contribution in [2.45, 2.75) is 13.5 Å². The van der Waals surface area contributed by atoms with Gasteiger partial charge in [0.1, 0.15) is 0 Å². The molecule has 3 nitrogen and oxygen atoms in total. The van der Waals surface area contributed by atoms with Gasteiger partial charge in [0, 0.05) is 22.3 Å². The number of nitrogens with one attached hydrogen (secondary N) is 1. The van der Waals surface area contributed by atoms with Gasteiger partial charge in [-0.2, -0.15) is 0 Å². The molecular formula is C16H15BrClNO2. The van der Waals surface area contributed by atoms with E-state index < -0.39 is 0 Å². The summed E-state index contributed by atoms with van der Waals surface area (Å²) in [5, 5.41) is 3.28. The smallest absolute Gasteiger partial charge is 0.257 e. The van der Waals surface area contributed by atoms with Gasteiger partial charge in [-0.25, -0.2) is 0 Å². The molecule has 0 aliphatic carbocycles. The average molecular weight is 369 g/mol. The van der Waals surface area contributed by atoms with E-state index in [4.69, 9.17) is 16.3 Å². The van der Waals surface area contributed by atoms with E-state index in [2.05, 4.69) is 21.2 Å². The molecule has 21 heavy (non-hydrogen) atoms. The van der Waals surface area contributed by atoms with Crippen LogP contribution >= 0.6 is 27.5 Å². The van der Waals surface area contributed by atoms with Gasteiger partial charge in [-0.3, -0.25) is 4.79 Å². The van der Waals surface area contributed by atoms with Crippen LogP contribution in [0.5, 0.6) is 0 Å². The highest BCUT2D eigenvalue weighted by Crippen LogP contribution is 2.23. The van der Waals surface area contributed by atoms with Gasteiger partial charge in [0.2, 0.25) is 0 Å². The summed E-state index contributed by atoms with van der Waals surface area (Å²) in [6.45, 7) is 3.02. The van der Waals surface area contributed by atoms with Gasteiger partial charge >= 0.3 is 0 Å². The minimum absolute atomic E-state index is 0.239. The highest BCUT2D eigenvalue weighted by molar-refractivity contribution is 9.10. The largest absolute Gasteiger partial charge is 0.377 e. The van der Waals surface area contributed by atoms with Crippen molar-refractivity contribution in [3.8, 4) is 0 Å². The second-order valence-corrected chi connectivity index (χ2v) is 5.70. The molecule has 0 atom stereocenters. The third kappa shape index (κ3) is 4.30. The van der Waals surface area contributed by atoms with Crippen LogP contribution in [0.4, 0.5) is 5.69 Å². The molecule has 1 N–H and O–H groups in total. The van der Waals surface area contributed by atoms with Crippen LogP contribution in [0.15, 0.2) is 46.9 Å². The molecule has 0 radical (unpaired) electrons. The molecule has 2 aromatic rings. The van der Waals surface area contributed by atoms with Crippen molar-refractivity contribution in [1.82, 2.24) is 0 Å². The van der Waals surface area contributed by atoms with Gasteiger partial charge in [-0.15, -0.1) is 0 Å². The van der Waals surface area contributed by atoms with Gasteiger partial charge in [0.05, 0.1) is 17.2 Å². The molecule has 0 aliphatic rings. The first kappa shape index (κ1) is 16.0. The van der Waals surface area contributed by atoms with Crippen LogP contribution in [0.1, 0.15) is 22.8 Å². The fraction of sp³-hybridized carbons (Fsp3) is 0.188. The quantitative estimate of drug-likeness (QED) is 0.816. The molecular weight excluding hydrogens is 354 g/mol. The van der Waals surface area contributed by atoms with Crippen LogP contribution in [-0.2, 0) is 11.3 Å². The zero-order valence-corrected chi connectivity index (χ0v) is 13.9. The second-order valence-electron chi connectivity index (χ2n) is 4.37. The summed E-state index contributed by atoms with van der Waals surface area (Å²) in [6.07, 6.45) is 0. The predicted octanol–water partition coefficient (Wildman–Crippen LogP) is 4.89. The number of hydrogen-bond acceptors (Lipinski definition) is 2. The van der Waals surface area contributed by atoms with Crippen molar-refractivity contribution in [3.05, 3.63) is 63.1 Å². The lowest BCUT2D eigenvalue weighted by atomic mass is 10.1. The lowest BCUT2D eigenvalue weighted by molar-refractivity contribution is 0.102. The molecule has 0 aliphatic heterocycles. The number of amides is 1.